The van der Waals surface area contributed by atoms with Gasteiger partial charge in [-0.25, -0.2) is 0 Å². The van der Waals surface area contributed by atoms with Crippen molar-refractivity contribution in [3.63, 3.8) is 0 Å². The van der Waals surface area contributed by atoms with Gasteiger partial charge in [0.15, 0.2) is 0 Å². The summed E-state index contributed by atoms with van der Waals surface area (Å²) in [5.74, 6) is 0.157. The van der Waals surface area contributed by atoms with Gasteiger partial charge in [-0.3, -0.25) is 9.69 Å². The Kier molecular flexibility index (Phi) is 5.50. The van der Waals surface area contributed by atoms with E-state index in [1.807, 2.05) is 35.2 Å². The van der Waals surface area contributed by atoms with Crippen LogP contribution in [0.5, 0.6) is 0 Å². The number of hydrogen-bond donors (Lipinski definition) is 0. The van der Waals surface area contributed by atoms with Gasteiger partial charge in [-0.15, -0.1) is 0 Å². The maximum atomic E-state index is 12.9. The first-order valence-electron chi connectivity index (χ1n) is 9.84. The normalized spacial score (nSPS) is 15.2. The Morgan fingerprint density at radius 1 is 0.778 bits per heavy atom. The summed E-state index contributed by atoms with van der Waals surface area (Å²) >= 11 is 0. The summed E-state index contributed by atoms with van der Waals surface area (Å²) in [6.45, 7) is 4.67. The number of carbonyl (C=O) groups excluding carboxylic acids is 1. The lowest BCUT2D eigenvalue weighted by Gasteiger charge is -2.34. The van der Waals surface area contributed by atoms with Gasteiger partial charge in [0.2, 0.25) is 0 Å². The lowest BCUT2D eigenvalue weighted by atomic mass is 10.1. The molecule has 0 spiro atoms. The van der Waals surface area contributed by atoms with Crippen LogP contribution in [0.25, 0.3) is 10.8 Å². The largest absolute Gasteiger partial charge is 0.336 e. The third-order valence-corrected chi connectivity index (χ3v) is 5.44. The number of amides is 1. The molecule has 1 heterocycles. The lowest BCUT2D eigenvalue weighted by molar-refractivity contribution is 0.0636. The van der Waals surface area contributed by atoms with E-state index in [9.17, 15) is 4.79 Å². The third kappa shape index (κ3) is 4.37. The van der Waals surface area contributed by atoms with Gasteiger partial charge in [-0.2, -0.15) is 0 Å². The molecule has 1 aliphatic rings. The standard InChI is InChI=1S/C24H26N2O/c27-24(23-13-12-21-10-4-5-11-22(21)19-23)26-17-15-25(16-18-26)14-6-9-20-7-2-1-3-8-20/h1-5,7-8,10-13,19H,6,9,14-18H2. The highest BCUT2D eigenvalue weighted by molar-refractivity contribution is 5.98. The summed E-state index contributed by atoms with van der Waals surface area (Å²) in [7, 11) is 0. The predicted octanol–water partition coefficient (Wildman–Crippen LogP) is 4.23. The van der Waals surface area contributed by atoms with Gasteiger partial charge >= 0.3 is 0 Å². The number of benzene rings is 3. The minimum atomic E-state index is 0.157. The molecule has 4 rings (SSSR count). The lowest BCUT2D eigenvalue weighted by Crippen LogP contribution is -2.48. The third-order valence-electron chi connectivity index (χ3n) is 5.44. The van der Waals surface area contributed by atoms with E-state index < -0.39 is 0 Å². The Balaban J connectivity index is 1.28. The molecular weight excluding hydrogens is 332 g/mol. The second-order valence-electron chi connectivity index (χ2n) is 7.28. The fourth-order valence-electron chi connectivity index (χ4n) is 3.83. The summed E-state index contributed by atoms with van der Waals surface area (Å²) in [4.78, 5) is 17.3. The molecule has 0 aliphatic carbocycles. The van der Waals surface area contributed by atoms with Crippen LogP contribution < -0.4 is 0 Å². The summed E-state index contributed by atoms with van der Waals surface area (Å²) < 4.78 is 0. The smallest absolute Gasteiger partial charge is 0.253 e. The van der Waals surface area contributed by atoms with Crippen LogP contribution in [0.4, 0.5) is 0 Å². The molecule has 3 heteroatoms. The molecule has 1 fully saturated rings. The average Bonchev–Trinajstić information content (AvgIpc) is 2.74. The van der Waals surface area contributed by atoms with Crippen molar-refractivity contribution in [2.24, 2.45) is 0 Å². The van der Waals surface area contributed by atoms with Gasteiger partial charge in [-0.05, 0) is 47.9 Å². The van der Waals surface area contributed by atoms with Gasteiger partial charge in [-0.1, -0.05) is 60.7 Å². The molecule has 0 saturated carbocycles. The first kappa shape index (κ1) is 17.7. The molecule has 0 N–H and O–H groups in total. The second-order valence-corrected chi connectivity index (χ2v) is 7.28. The van der Waals surface area contributed by atoms with Crippen molar-refractivity contribution in [2.45, 2.75) is 12.8 Å². The van der Waals surface area contributed by atoms with Gasteiger partial charge in [0, 0.05) is 31.7 Å². The van der Waals surface area contributed by atoms with Gasteiger partial charge in [0.25, 0.3) is 5.91 Å². The second kappa shape index (κ2) is 8.36. The van der Waals surface area contributed by atoms with E-state index in [0.717, 1.165) is 50.1 Å². The number of aryl methyl sites for hydroxylation is 1. The van der Waals surface area contributed by atoms with E-state index in [1.165, 1.54) is 17.4 Å². The number of hydrogen-bond acceptors (Lipinski definition) is 2. The highest BCUT2D eigenvalue weighted by Gasteiger charge is 2.21. The van der Waals surface area contributed by atoms with Crippen LogP contribution in [0, 0.1) is 0 Å². The van der Waals surface area contributed by atoms with Crippen LogP contribution in [0.1, 0.15) is 22.3 Å². The zero-order valence-corrected chi connectivity index (χ0v) is 15.7. The van der Waals surface area contributed by atoms with Crippen LogP contribution in [-0.2, 0) is 6.42 Å². The van der Waals surface area contributed by atoms with Crippen LogP contribution >= 0.6 is 0 Å². The molecule has 1 saturated heterocycles. The number of piperazine rings is 1. The Morgan fingerprint density at radius 3 is 2.26 bits per heavy atom. The summed E-state index contributed by atoms with van der Waals surface area (Å²) in [5, 5.41) is 2.31. The van der Waals surface area contributed by atoms with Gasteiger partial charge in [0.1, 0.15) is 0 Å². The molecule has 1 amide bonds. The molecule has 27 heavy (non-hydrogen) atoms. The molecule has 3 nitrogen and oxygen atoms in total. The number of carbonyl (C=O) groups is 1. The van der Waals surface area contributed by atoms with E-state index in [0.29, 0.717) is 0 Å². The Hall–Kier alpha value is -2.65. The first-order chi connectivity index (χ1) is 13.3. The maximum Gasteiger partial charge on any atom is 0.253 e. The van der Waals surface area contributed by atoms with Crippen LogP contribution in [-0.4, -0.2) is 48.4 Å². The Labute approximate surface area is 161 Å². The number of rotatable bonds is 5. The van der Waals surface area contributed by atoms with Crippen LogP contribution in [0.3, 0.4) is 0 Å². The van der Waals surface area contributed by atoms with Crippen molar-refractivity contribution < 1.29 is 4.79 Å². The average molecular weight is 358 g/mol. The first-order valence-corrected chi connectivity index (χ1v) is 9.84. The highest BCUT2D eigenvalue weighted by atomic mass is 16.2. The zero-order valence-electron chi connectivity index (χ0n) is 15.7. The topological polar surface area (TPSA) is 23.6 Å². The van der Waals surface area contributed by atoms with E-state index in [1.54, 1.807) is 0 Å². The van der Waals surface area contributed by atoms with Crippen LogP contribution in [0.2, 0.25) is 0 Å². The van der Waals surface area contributed by atoms with Crippen molar-refractivity contribution in [3.8, 4) is 0 Å². The van der Waals surface area contributed by atoms with E-state index in [4.69, 9.17) is 0 Å². The fraction of sp³-hybridized carbons (Fsp3) is 0.292. The highest BCUT2D eigenvalue weighted by Crippen LogP contribution is 2.18. The SMILES string of the molecule is O=C(c1ccc2ccccc2c1)N1CCN(CCCc2ccccc2)CC1. The molecule has 0 aromatic heterocycles. The molecule has 138 valence electrons. The molecule has 0 radical (unpaired) electrons. The molecular formula is C24H26N2O. The Morgan fingerprint density at radius 2 is 1.48 bits per heavy atom. The molecule has 3 aromatic rings. The summed E-state index contributed by atoms with van der Waals surface area (Å²) in [5.41, 5.74) is 2.20. The predicted molar refractivity (Wildman–Crippen MR) is 111 cm³/mol. The molecule has 1 aliphatic heterocycles. The van der Waals surface area contributed by atoms with E-state index in [2.05, 4.69) is 47.4 Å². The van der Waals surface area contributed by atoms with E-state index >= 15 is 0 Å². The minimum Gasteiger partial charge on any atom is -0.336 e. The monoisotopic (exact) mass is 358 g/mol. The van der Waals surface area contributed by atoms with Gasteiger partial charge in [0.05, 0.1) is 0 Å². The summed E-state index contributed by atoms with van der Waals surface area (Å²) in [6.07, 6.45) is 2.29. The fourth-order valence-corrected chi connectivity index (χ4v) is 3.83. The maximum absolute atomic E-state index is 12.9. The molecule has 0 unspecified atom stereocenters. The number of nitrogens with zero attached hydrogens (tertiary/aromatic N) is 2. The zero-order chi connectivity index (χ0) is 18.5. The van der Waals surface area contributed by atoms with Crippen molar-refractivity contribution in [1.82, 2.24) is 9.80 Å². The van der Waals surface area contributed by atoms with Crippen molar-refractivity contribution in [3.05, 3.63) is 83.9 Å². The quantitative estimate of drug-likeness (QED) is 0.681. The molecule has 0 bridgehead atoms. The van der Waals surface area contributed by atoms with Gasteiger partial charge < -0.3 is 4.90 Å². The van der Waals surface area contributed by atoms with Crippen LogP contribution in [0.15, 0.2) is 72.8 Å². The van der Waals surface area contributed by atoms with Crippen molar-refractivity contribution >= 4 is 16.7 Å². The summed E-state index contributed by atoms with van der Waals surface area (Å²) in [6, 6.07) is 24.9. The minimum absolute atomic E-state index is 0.157. The van der Waals surface area contributed by atoms with Crippen molar-refractivity contribution in [2.75, 3.05) is 32.7 Å². The Bertz CT molecular complexity index is 898. The molecule has 3 aromatic carbocycles. The van der Waals surface area contributed by atoms with Crippen molar-refractivity contribution in [1.29, 1.82) is 0 Å². The molecule has 0 atom stereocenters. The number of fused-ring (bicyclic) bond motifs is 1. The van der Waals surface area contributed by atoms with E-state index in [-0.39, 0.29) is 5.91 Å².